The number of rotatable bonds is 2. The van der Waals surface area contributed by atoms with Gasteiger partial charge in [-0.25, -0.2) is 19.6 Å². The maximum Gasteiger partial charge on any atom is 0.347 e. The second-order valence-electron chi connectivity index (χ2n) is 6.59. The van der Waals surface area contributed by atoms with Gasteiger partial charge in [-0.1, -0.05) is 0 Å². The van der Waals surface area contributed by atoms with Gasteiger partial charge in [-0.15, -0.1) is 25.3 Å². The maximum atomic E-state index is 12.3. The summed E-state index contributed by atoms with van der Waals surface area (Å²) < 4.78 is 10.7. The van der Waals surface area contributed by atoms with Gasteiger partial charge in [0.2, 0.25) is 11.8 Å². The minimum absolute atomic E-state index is 0.195. The fraction of sp³-hybridized carbons (Fsp3) is 0. The molecule has 0 atom stereocenters. The minimum Gasteiger partial charge on any atom is -0.403 e. The molecular formula is C22H12N2O4S2. The van der Waals surface area contributed by atoms with Crippen LogP contribution in [0.1, 0.15) is 0 Å². The normalized spacial score (nSPS) is 11.3. The molecule has 0 saturated heterocycles. The lowest BCUT2D eigenvalue weighted by atomic mass is 10.1. The Kier molecular flexibility index (Phi) is 4.45. The van der Waals surface area contributed by atoms with Crippen LogP contribution in [0.4, 0.5) is 0 Å². The molecule has 0 aliphatic rings. The zero-order valence-electron chi connectivity index (χ0n) is 15.2. The summed E-state index contributed by atoms with van der Waals surface area (Å²) in [6, 6.07) is 17.1. The number of nitrogens with zero attached hydrogens (tertiary/aromatic N) is 2. The summed E-state index contributed by atoms with van der Waals surface area (Å²) in [6.07, 6.45) is 0. The lowest BCUT2D eigenvalue weighted by Gasteiger charge is -2.05. The number of hydrogen-bond donors (Lipinski definition) is 2. The summed E-state index contributed by atoms with van der Waals surface area (Å²) in [5, 5.41) is 0.740. The van der Waals surface area contributed by atoms with E-state index < -0.39 is 11.3 Å². The van der Waals surface area contributed by atoms with Crippen LogP contribution in [-0.4, -0.2) is 9.97 Å². The Labute approximate surface area is 180 Å². The lowest BCUT2D eigenvalue weighted by Crippen LogP contribution is -2.03. The maximum absolute atomic E-state index is 12.3. The van der Waals surface area contributed by atoms with Crippen LogP contribution >= 0.6 is 25.3 Å². The number of fused-ring (bicyclic) bond motifs is 2. The van der Waals surface area contributed by atoms with Crippen LogP contribution in [0.5, 0.6) is 0 Å². The summed E-state index contributed by atoms with van der Waals surface area (Å²) in [4.78, 5) is 34.7. The number of benzene rings is 3. The average molecular weight is 432 g/mol. The predicted octanol–water partition coefficient (Wildman–Crippen LogP) is 4.60. The summed E-state index contributed by atoms with van der Waals surface area (Å²) in [6.45, 7) is 0. The molecule has 0 N–H and O–H groups in total. The highest BCUT2D eigenvalue weighted by molar-refractivity contribution is 7.80. The van der Waals surface area contributed by atoms with E-state index in [0.717, 1.165) is 0 Å². The molecular weight excluding hydrogens is 420 g/mol. The van der Waals surface area contributed by atoms with Crippen LogP contribution in [0.3, 0.4) is 0 Å². The van der Waals surface area contributed by atoms with Crippen LogP contribution in [-0.2, 0) is 0 Å². The second kappa shape index (κ2) is 7.16. The van der Waals surface area contributed by atoms with Crippen LogP contribution in [0.15, 0.2) is 88.9 Å². The predicted molar refractivity (Wildman–Crippen MR) is 119 cm³/mol. The standard InChI is InChI=1S/C22H12N2O4S2/c25-21-15-9-13(29)5-7-17(15)23-19(27-21)11-1-2-12(4-3-11)20-24-18-8-6-14(30)10-16(18)22(26)28-20/h1-10,29-30H. The first-order valence-electron chi connectivity index (χ1n) is 8.86. The van der Waals surface area contributed by atoms with Crippen LogP contribution in [0, 0.1) is 0 Å². The molecule has 0 aliphatic heterocycles. The molecule has 2 heterocycles. The Morgan fingerprint density at radius 1 is 0.600 bits per heavy atom. The molecule has 3 aromatic carbocycles. The Balaban J connectivity index is 1.56. The SMILES string of the molecule is O=c1oc(-c2ccc(-c3nc4ccc(S)cc4c(=O)o3)cc2)nc2ccc(S)cc12. The van der Waals surface area contributed by atoms with Gasteiger partial charge in [0.05, 0.1) is 21.8 Å². The molecule has 30 heavy (non-hydrogen) atoms. The van der Waals surface area contributed by atoms with E-state index in [1.165, 1.54) is 0 Å². The smallest absolute Gasteiger partial charge is 0.347 e. The Bertz CT molecular complexity index is 1440. The summed E-state index contributed by atoms with van der Waals surface area (Å²) >= 11 is 8.47. The molecule has 146 valence electrons. The van der Waals surface area contributed by atoms with E-state index in [0.29, 0.717) is 42.7 Å². The lowest BCUT2D eigenvalue weighted by molar-refractivity contribution is 0.516. The van der Waals surface area contributed by atoms with Crippen molar-refractivity contribution in [3.8, 4) is 22.9 Å². The molecule has 0 aliphatic carbocycles. The first-order valence-corrected chi connectivity index (χ1v) is 9.76. The van der Waals surface area contributed by atoms with E-state index in [4.69, 9.17) is 8.83 Å². The highest BCUT2D eigenvalue weighted by atomic mass is 32.1. The monoisotopic (exact) mass is 432 g/mol. The molecule has 5 aromatic rings. The molecule has 0 amide bonds. The van der Waals surface area contributed by atoms with Crippen molar-refractivity contribution in [3.63, 3.8) is 0 Å². The zero-order chi connectivity index (χ0) is 20.8. The van der Waals surface area contributed by atoms with Crippen molar-refractivity contribution in [1.29, 1.82) is 0 Å². The van der Waals surface area contributed by atoms with E-state index in [-0.39, 0.29) is 11.8 Å². The van der Waals surface area contributed by atoms with Crippen LogP contribution in [0.25, 0.3) is 44.7 Å². The molecule has 0 fully saturated rings. The fourth-order valence-electron chi connectivity index (χ4n) is 3.12. The van der Waals surface area contributed by atoms with E-state index in [1.807, 2.05) is 0 Å². The third-order valence-electron chi connectivity index (χ3n) is 4.60. The molecule has 0 saturated carbocycles. The molecule has 2 aromatic heterocycles. The highest BCUT2D eigenvalue weighted by Gasteiger charge is 2.12. The van der Waals surface area contributed by atoms with Crippen molar-refractivity contribution in [2.75, 3.05) is 0 Å². The van der Waals surface area contributed by atoms with E-state index in [2.05, 4.69) is 35.2 Å². The van der Waals surface area contributed by atoms with Crippen molar-refractivity contribution in [3.05, 3.63) is 81.5 Å². The largest absolute Gasteiger partial charge is 0.403 e. The molecule has 0 radical (unpaired) electrons. The topological polar surface area (TPSA) is 86.2 Å². The van der Waals surface area contributed by atoms with E-state index in [1.54, 1.807) is 60.7 Å². The van der Waals surface area contributed by atoms with Crippen molar-refractivity contribution >= 4 is 47.1 Å². The molecule has 5 rings (SSSR count). The Hall–Kier alpha value is -3.36. The first kappa shape index (κ1) is 18.7. The first-order chi connectivity index (χ1) is 14.5. The van der Waals surface area contributed by atoms with E-state index in [9.17, 15) is 9.59 Å². The van der Waals surface area contributed by atoms with Gasteiger partial charge in [0.25, 0.3) is 0 Å². The van der Waals surface area contributed by atoms with Gasteiger partial charge in [0, 0.05) is 20.9 Å². The molecule has 8 heteroatoms. The van der Waals surface area contributed by atoms with Gasteiger partial charge < -0.3 is 8.83 Å². The van der Waals surface area contributed by atoms with Gasteiger partial charge >= 0.3 is 11.3 Å². The number of aromatic nitrogens is 2. The van der Waals surface area contributed by atoms with Crippen LogP contribution < -0.4 is 11.3 Å². The molecule has 0 bridgehead atoms. The number of hydrogen-bond acceptors (Lipinski definition) is 8. The number of thiol groups is 2. The molecule has 6 nitrogen and oxygen atoms in total. The van der Waals surface area contributed by atoms with Gasteiger partial charge in [0.15, 0.2) is 0 Å². The van der Waals surface area contributed by atoms with Crippen LogP contribution in [0.2, 0.25) is 0 Å². The second-order valence-corrected chi connectivity index (χ2v) is 7.63. The summed E-state index contributed by atoms with van der Waals surface area (Å²) in [5.41, 5.74) is 1.29. The van der Waals surface area contributed by atoms with Gasteiger partial charge in [-0.05, 0) is 60.7 Å². The molecule has 0 unspecified atom stereocenters. The van der Waals surface area contributed by atoms with Gasteiger partial charge in [-0.2, -0.15) is 0 Å². The summed E-state index contributed by atoms with van der Waals surface area (Å²) in [5.74, 6) is 0.389. The zero-order valence-corrected chi connectivity index (χ0v) is 17.0. The highest BCUT2D eigenvalue weighted by Crippen LogP contribution is 2.25. The Morgan fingerprint density at radius 3 is 1.40 bits per heavy atom. The quantitative estimate of drug-likeness (QED) is 0.397. The minimum atomic E-state index is -0.485. The molecule has 0 spiro atoms. The van der Waals surface area contributed by atoms with Gasteiger partial charge in [-0.3, -0.25) is 0 Å². The summed E-state index contributed by atoms with van der Waals surface area (Å²) in [7, 11) is 0. The van der Waals surface area contributed by atoms with Crippen molar-refractivity contribution in [2.24, 2.45) is 0 Å². The third-order valence-corrected chi connectivity index (χ3v) is 5.16. The fourth-order valence-corrected chi connectivity index (χ4v) is 3.53. The third kappa shape index (κ3) is 3.30. The van der Waals surface area contributed by atoms with Crippen molar-refractivity contribution in [2.45, 2.75) is 9.79 Å². The van der Waals surface area contributed by atoms with Crippen molar-refractivity contribution < 1.29 is 8.83 Å². The van der Waals surface area contributed by atoms with Crippen molar-refractivity contribution in [1.82, 2.24) is 9.97 Å². The van der Waals surface area contributed by atoms with Gasteiger partial charge in [0.1, 0.15) is 0 Å². The Morgan fingerprint density at radius 2 is 1.00 bits per heavy atom. The van der Waals surface area contributed by atoms with E-state index >= 15 is 0 Å². The average Bonchev–Trinajstić information content (AvgIpc) is 2.74.